The van der Waals surface area contributed by atoms with E-state index in [0.29, 0.717) is 23.4 Å². The highest BCUT2D eigenvalue weighted by molar-refractivity contribution is 7.47. The Hall–Kier alpha value is -6.12. The van der Waals surface area contributed by atoms with Gasteiger partial charge in [-0.15, -0.1) is 0 Å². The Kier molecular flexibility index (Phi) is 29.0. The summed E-state index contributed by atoms with van der Waals surface area (Å²) in [6.45, 7) is 4.71. The van der Waals surface area contributed by atoms with E-state index in [1.165, 1.54) is 13.8 Å². The third kappa shape index (κ3) is 25.5. The van der Waals surface area contributed by atoms with E-state index in [-0.39, 0.29) is 64.2 Å². The molecule has 0 fully saturated rings. The molecular weight excluding hydrogens is 979 g/mol. The van der Waals surface area contributed by atoms with Crippen molar-refractivity contribution < 1.29 is 71.5 Å². The first-order chi connectivity index (χ1) is 33.3. The number of carboxylic acids is 1. The number of phosphoric acid groups is 1. The van der Waals surface area contributed by atoms with Crippen molar-refractivity contribution in [3.63, 3.8) is 0 Å². The molecule has 1 aromatic carbocycles. The number of nitrogens with one attached hydrogen (secondary N) is 7. The number of carboxylic acid groups (broad SMARTS) is 1. The molecule has 1 rings (SSSR count). The predicted octanol–water partition coefficient (Wildman–Crippen LogP) is -1.53. The van der Waals surface area contributed by atoms with Crippen LogP contribution in [0.3, 0.4) is 0 Å². The highest BCUT2D eigenvalue weighted by atomic mass is 35.5. The van der Waals surface area contributed by atoms with Crippen LogP contribution >= 0.6 is 19.4 Å². The van der Waals surface area contributed by atoms with Crippen molar-refractivity contribution in [1.29, 1.82) is 0 Å². The summed E-state index contributed by atoms with van der Waals surface area (Å²) in [6.07, 6.45) is -0.163. The second-order valence-electron chi connectivity index (χ2n) is 16.5. The molecule has 400 valence electrons. The van der Waals surface area contributed by atoms with E-state index in [0.717, 1.165) is 7.11 Å². The molecule has 8 atom stereocenters. The van der Waals surface area contributed by atoms with Crippen LogP contribution < -0.4 is 60.2 Å². The highest BCUT2D eigenvalue weighted by Gasteiger charge is 2.36. The normalized spacial score (nSPS) is 14.8. The van der Waals surface area contributed by atoms with E-state index in [1.54, 1.807) is 38.1 Å². The number of benzene rings is 1. The highest BCUT2D eigenvalue weighted by Crippen LogP contribution is 2.41. The summed E-state index contributed by atoms with van der Waals surface area (Å²) in [7, 11) is -3.96. The van der Waals surface area contributed by atoms with Crippen molar-refractivity contribution in [3.05, 3.63) is 34.9 Å². The Bertz CT molecular complexity index is 2050. The Morgan fingerprint density at radius 3 is 1.94 bits per heavy atom. The number of unbranched alkanes of at least 4 members (excludes halogenated alkanes) is 1. The van der Waals surface area contributed by atoms with Gasteiger partial charge in [0, 0.05) is 37.2 Å². The minimum absolute atomic E-state index is 0.0431. The van der Waals surface area contributed by atoms with Gasteiger partial charge in [0.05, 0.1) is 12.6 Å². The molecule has 71 heavy (non-hydrogen) atoms. The molecule has 0 aliphatic heterocycles. The first kappa shape index (κ1) is 62.9. The van der Waals surface area contributed by atoms with Crippen LogP contribution in [0.25, 0.3) is 0 Å². The molecule has 17 N–H and O–H groups in total. The van der Waals surface area contributed by atoms with Gasteiger partial charge in [-0.2, -0.15) is 0 Å². The van der Waals surface area contributed by atoms with E-state index in [9.17, 15) is 52.6 Å². The first-order valence-corrected chi connectivity index (χ1v) is 24.5. The maximum absolute atomic E-state index is 14.1. The summed E-state index contributed by atoms with van der Waals surface area (Å²) in [5, 5.41) is 26.5. The fourth-order valence-corrected chi connectivity index (χ4v) is 6.82. The zero-order chi connectivity index (χ0) is 53.8. The number of nitrogens with two attached hydrogens (primary N) is 4. The van der Waals surface area contributed by atoms with Gasteiger partial charge in [0.2, 0.25) is 41.4 Å². The number of hydrogen-bond acceptors (Lipinski definition) is 15. The average molecular weight is 1050 g/mol. The number of nitrogens with zero attached hydrogens (tertiary/aromatic N) is 1. The molecule has 0 saturated carbocycles. The van der Waals surface area contributed by atoms with Crippen molar-refractivity contribution in [1.82, 2.24) is 37.2 Å². The molecule has 0 spiro atoms. The van der Waals surface area contributed by atoms with Gasteiger partial charge in [0.25, 0.3) is 0 Å². The fourth-order valence-electron chi connectivity index (χ4n) is 6.18. The smallest absolute Gasteiger partial charge is 0.471 e. The molecule has 0 aromatic heterocycles. The Morgan fingerprint density at radius 2 is 1.35 bits per heavy atom. The van der Waals surface area contributed by atoms with Crippen LogP contribution in [0.5, 0.6) is 0 Å². The van der Waals surface area contributed by atoms with Crippen molar-refractivity contribution >= 4 is 78.8 Å². The Morgan fingerprint density at radius 1 is 0.761 bits per heavy atom. The van der Waals surface area contributed by atoms with Gasteiger partial charge in [0.15, 0.2) is 5.96 Å². The van der Waals surface area contributed by atoms with Crippen LogP contribution in [0.4, 0.5) is 4.79 Å². The third-order valence-corrected chi connectivity index (χ3v) is 11.8. The number of carbonyl (C=O) groups is 9. The summed E-state index contributed by atoms with van der Waals surface area (Å²) in [4.78, 5) is 131. The summed E-state index contributed by atoms with van der Waals surface area (Å²) < 4.78 is 26.9. The maximum atomic E-state index is 14.1. The molecule has 0 aliphatic carbocycles. The molecule has 0 radical (unpaired) electrons. The van der Waals surface area contributed by atoms with Gasteiger partial charge in [-0.25, -0.2) is 9.36 Å². The number of rotatable bonds is 34. The molecule has 1 aromatic rings. The van der Waals surface area contributed by atoms with Crippen molar-refractivity contribution in [2.45, 2.75) is 122 Å². The molecule has 0 aliphatic rings. The minimum atomic E-state index is -4.80. The minimum Gasteiger partial charge on any atom is -0.480 e. The Labute approximate surface area is 416 Å². The van der Waals surface area contributed by atoms with Gasteiger partial charge in [0.1, 0.15) is 43.4 Å². The molecule has 8 amide bonds. The second-order valence-corrected chi connectivity index (χ2v) is 18.5. The van der Waals surface area contributed by atoms with E-state index in [1.807, 2.05) is 0 Å². The van der Waals surface area contributed by atoms with Crippen LogP contribution in [0.1, 0.15) is 84.6 Å². The van der Waals surface area contributed by atoms with Gasteiger partial charge >= 0.3 is 19.9 Å². The number of amides is 8. The molecule has 0 saturated heterocycles. The molecular formula is C42H70ClN12O15P. The molecule has 29 heteroatoms. The lowest BCUT2D eigenvalue weighted by Gasteiger charge is -2.30. The zero-order valence-corrected chi connectivity index (χ0v) is 42.1. The van der Waals surface area contributed by atoms with Gasteiger partial charge < -0.3 is 74.9 Å². The zero-order valence-electron chi connectivity index (χ0n) is 40.4. The van der Waals surface area contributed by atoms with Gasteiger partial charge in [-0.05, 0) is 56.4 Å². The van der Waals surface area contributed by atoms with E-state index >= 15 is 0 Å². The van der Waals surface area contributed by atoms with Gasteiger partial charge in [-0.1, -0.05) is 63.9 Å². The molecule has 1 unspecified atom stereocenters. The summed E-state index contributed by atoms with van der Waals surface area (Å²) in [5.74, 6) is -9.49. The number of alkyl carbamates (subject to hydrolysis) is 1. The molecule has 0 bridgehead atoms. The van der Waals surface area contributed by atoms with Crippen LogP contribution in [-0.2, 0) is 63.3 Å². The lowest BCUT2D eigenvalue weighted by Crippen LogP contribution is -2.62. The monoisotopic (exact) mass is 1050 g/mol. The van der Waals surface area contributed by atoms with Crippen molar-refractivity contribution in [2.75, 3.05) is 33.4 Å². The van der Waals surface area contributed by atoms with E-state index in [2.05, 4.69) is 46.7 Å². The fraction of sp³-hybridized carbons (Fsp3) is 0.619. The standard InChI is InChI=1S/C42H70ClN12O15P/c1-6-24(4)34(55-37(61)29(16-17-31(45)56)51-35(59)27(44)14-9-10-18-49-42(65)69-21-25-12-7-8-13-26(25)43)40(64)53-30(22-70-71(66,67)68-5)38(62)54-33(23(2)3)39(63)52-28(15-11-19-48-41(46)47)36(60)50-20-32(57)58/h7-8,12-13,23-24,27-30,33-34H,6,9-11,14-22,44H2,1-5H3,(H2,45,56)(H,49,65)(H,50,60)(H,51,59)(H,52,63)(H,53,64)(H,54,62)(H,55,61)(H,57,58)(H,66,67)(H4,46,47,48)/t24-,27-,28-,29-,30-,33-,34-/m0/s1. The molecule has 0 heterocycles. The van der Waals surface area contributed by atoms with Crippen molar-refractivity contribution in [2.24, 2.45) is 39.8 Å². The van der Waals surface area contributed by atoms with Crippen LogP contribution in [-0.4, -0.2) is 139 Å². The topological polar surface area (TPSA) is 439 Å². The van der Waals surface area contributed by atoms with Crippen molar-refractivity contribution in [3.8, 4) is 0 Å². The van der Waals surface area contributed by atoms with E-state index in [4.69, 9.17) is 48.9 Å². The number of carbonyl (C=O) groups excluding carboxylic acids is 8. The number of guanidine groups is 1. The third-order valence-electron chi connectivity index (χ3n) is 10.5. The Balaban J connectivity index is 3.22. The predicted molar refractivity (Wildman–Crippen MR) is 257 cm³/mol. The first-order valence-electron chi connectivity index (χ1n) is 22.6. The van der Waals surface area contributed by atoms with Crippen LogP contribution in [0.15, 0.2) is 29.3 Å². The molecule has 27 nitrogen and oxygen atoms in total. The van der Waals surface area contributed by atoms with Crippen LogP contribution in [0.2, 0.25) is 5.02 Å². The number of hydrogen-bond donors (Lipinski definition) is 13. The number of phosphoric ester groups is 1. The van der Waals surface area contributed by atoms with E-state index < -0.39 is 122 Å². The number of halogens is 1. The lowest BCUT2D eigenvalue weighted by molar-refractivity contribution is -0.139. The van der Waals surface area contributed by atoms with Gasteiger partial charge in [-0.3, -0.25) is 52.4 Å². The SMILES string of the molecule is CC[C@H](C)[C@H](NC(=O)[C@H](CCC(N)=O)NC(=O)[C@@H](N)CCCCNC(=O)OCc1ccccc1Cl)C(=O)N[C@@H](COP(=O)(O)OC)C(=O)N[C@H](C(=O)N[C@@H](CCCN=C(N)N)C(=O)NCC(=O)O)C(C)C. The number of primary amides is 1. The number of aliphatic imine (C=N–C) groups is 1. The maximum Gasteiger partial charge on any atom is 0.471 e. The summed E-state index contributed by atoms with van der Waals surface area (Å²) >= 11 is 6.08. The average Bonchev–Trinajstić information content (AvgIpc) is 3.31. The summed E-state index contributed by atoms with van der Waals surface area (Å²) in [5.41, 5.74) is 22.8. The quantitative estimate of drug-likeness (QED) is 0.0161. The second kappa shape index (κ2) is 32.7. The number of ether oxygens (including phenoxy) is 1. The summed E-state index contributed by atoms with van der Waals surface area (Å²) in [6, 6.07) is -1.85. The van der Waals surface area contributed by atoms with Crippen LogP contribution in [0, 0.1) is 11.8 Å². The largest absolute Gasteiger partial charge is 0.480 e. The number of aliphatic carboxylic acids is 1. The lowest BCUT2D eigenvalue weighted by atomic mass is 9.97.